The molecule has 2 N–H and O–H groups in total. The van der Waals surface area contributed by atoms with E-state index >= 15 is 0 Å². The molecule has 0 radical (unpaired) electrons. The molecule has 0 fully saturated rings. The highest BCUT2D eigenvalue weighted by Gasteiger charge is 2.17. The Hall–Kier alpha value is -3.97. The van der Waals surface area contributed by atoms with Gasteiger partial charge in [-0.3, -0.25) is 10.1 Å². The Morgan fingerprint density at radius 1 is 0.971 bits per heavy atom. The molecule has 3 aromatic carbocycles. The predicted octanol–water partition coefficient (Wildman–Crippen LogP) is 6.60. The standard InChI is InChI=1S/C17H16O4.C10H12ClNO2/c1-20-13-10-15(19)17(16(11-13)21-2)14(18)9-8-12-6-4-3-5-7-12;1-7(2)14-10(13)12-9-5-3-4-8(11)6-9/h3-11,19H,1-2H3;3-7H,1-2H3,(H,12,13). The van der Waals surface area contributed by atoms with Crippen molar-refractivity contribution in [3.05, 3.63) is 89.0 Å². The number of carbonyl (C=O) groups is 2. The third kappa shape index (κ3) is 9.06. The van der Waals surface area contributed by atoms with E-state index in [0.29, 0.717) is 16.5 Å². The van der Waals surface area contributed by atoms with Crippen LogP contribution in [0.5, 0.6) is 17.2 Å². The van der Waals surface area contributed by atoms with E-state index in [4.69, 9.17) is 25.8 Å². The summed E-state index contributed by atoms with van der Waals surface area (Å²) in [6.45, 7) is 3.58. The molecule has 8 heteroatoms. The van der Waals surface area contributed by atoms with Gasteiger partial charge in [0.05, 0.1) is 20.3 Å². The van der Waals surface area contributed by atoms with Gasteiger partial charge in [-0.25, -0.2) is 4.79 Å². The molecule has 0 heterocycles. The van der Waals surface area contributed by atoms with Gasteiger partial charge in [0.2, 0.25) is 0 Å². The van der Waals surface area contributed by atoms with Crippen LogP contribution in [0.2, 0.25) is 5.02 Å². The number of rotatable bonds is 7. The summed E-state index contributed by atoms with van der Waals surface area (Å²) in [7, 11) is 2.91. The summed E-state index contributed by atoms with van der Waals surface area (Å²) in [4.78, 5) is 23.4. The molecule has 7 nitrogen and oxygen atoms in total. The normalized spacial score (nSPS) is 10.3. The van der Waals surface area contributed by atoms with Gasteiger partial charge in [-0.05, 0) is 43.7 Å². The molecule has 1 amide bonds. The highest BCUT2D eigenvalue weighted by Crippen LogP contribution is 2.33. The molecule has 0 saturated heterocycles. The van der Waals surface area contributed by atoms with E-state index in [1.165, 1.54) is 26.4 Å². The van der Waals surface area contributed by atoms with Crippen molar-refractivity contribution in [2.24, 2.45) is 0 Å². The third-order valence-corrected chi connectivity index (χ3v) is 4.63. The first-order chi connectivity index (χ1) is 16.7. The minimum atomic E-state index is -0.470. The van der Waals surface area contributed by atoms with E-state index in [1.54, 1.807) is 50.3 Å². The molecule has 0 unspecified atom stereocenters. The zero-order valence-corrected chi connectivity index (χ0v) is 20.7. The van der Waals surface area contributed by atoms with E-state index in [2.05, 4.69) is 5.32 Å². The van der Waals surface area contributed by atoms with Gasteiger partial charge in [-0.2, -0.15) is 0 Å². The van der Waals surface area contributed by atoms with Crippen molar-refractivity contribution in [1.82, 2.24) is 0 Å². The van der Waals surface area contributed by atoms with Crippen molar-refractivity contribution < 1.29 is 28.9 Å². The number of phenols is 1. The van der Waals surface area contributed by atoms with Gasteiger partial charge in [0.25, 0.3) is 0 Å². The SMILES string of the molecule is CC(C)OC(=O)Nc1cccc(Cl)c1.COc1cc(O)c(C(=O)C=Cc2ccccc2)c(OC)c1. The average Bonchev–Trinajstić information content (AvgIpc) is 2.82. The Labute approximate surface area is 209 Å². The number of nitrogens with one attached hydrogen (secondary N) is 1. The Morgan fingerprint density at radius 3 is 2.29 bits per heavy atom. The molecule has 0 aliphatic rings. The number of ether oxygens (including phenoxy) is 3. The Balaban J connectivity index is 0.000000269. The number of hydrogen-bond donors (Lipinski definition) is 2. The van der Waals surface area contributed by atoms with E-state index in [-0.39, 0.29) is 28.9 Å². The summed E-state index contributed by atoms with van der Waals surface area (Å²) in [5.41, 5.74) is 1.64. The lowest BCUT2D eigenvalue weighted by Gasteiger charge is -2.10. The first kappa shape index (κ1) is 27.3. The van der Waals surface area contributed by atoms with Crippen LogP contribution < -0.4 is 14.8 Å². The number of aromatic hydroxyl groups is 1. The number of carbonyl (C=O) groups excluding carboxylic acids is 2. The average molecular weight is 498 g/mol. The van der Waals surface area contributed by atoms with Crippen molar-refractivity contribution in [2.45, 2.75) is 20.0 Å². The predicted molar refractivity (Wildman–Crippen MR) is 138 cm³/mol. The maximum Gasteiger partial charge on any atom is 0.411 e. The van der Waals surface area contributed by atoms with Crippen LogP contribution in [-0.2, 0) is 4.74 Å². The molecular formula is C27H28ClNO6. The van der Waals surface area contributed by atoms with Gasteiger partial charge in [0.1, 0.15) is 22.8 Å². The second kappa shape index (κ2) is 13.7. The summed E-state index contributed by atoms with van der Waals surface area (Å²) < 4.78 is 15.1. The number of anilines is 1. The van der Waals surface area contributed by atoms with Gasteiger partial charge < -0.3 is 19.3 Å². The summed E-state index contributed by atoms with van der Waals surface area (Å²) in [5.74, 6) is 0.187. The van der Waals surface area contributed by atoms with Crippen molar-refractivity contribution in [2.75, 3.05) is 19.5 Å². The number of phenolic OH excluding ortho intramolecular Hbond substituents is 1. The van der Waals surface area contributed by atoms with Crippen LogP contribution in [0.1, 0.15) is 29.8 Å². The summed E-state index contributed by atoms with van der Waals surface area (Å²) >= 11 is 5.74. The van der Waals surface area contributed by atoms with E-state index in [0.717, 1.165) is 5.56 Å². The molecule has 0 saturated carbocycles. The highest BCUT2D eigenvalue weighted by molar-refractivity contribution is 6.30. The number of hydrogen-bond acceptors (Lipinski definition) is 6. The molecule has 184 valence electrons. The largest absolute Gasteiger partial charge is 0.507 e. The Kier molecular flexibility index (Phi) is 10.7. The smallest absolute Gasteiger partial charge is 0.411 e. The summed E-state index contributed by atoms with van der Waals surface area (Å²) in [6, 6.07) is 19.3. The van der Waals surface area contributed by atoms with Crippen LogP contribution >= 0.6 is 11.6 Å². The molecule has 0 aliphatic heterocycles. The molecule has 0 spiro atoms. The van der Waals surface area contributed by atoms with Gasteiger partial charge in [0, 0.05) is 22.8 Å². The van der Waals surface area contributed by atoms with Crippen LogP contribution in [-0.4, -0.2) is 37.3 Å². The van der Waals surface area contributed by atoms with E-state index < -0.39 is 6.09 Å². The molecule has 0 aliphatic carbocycles. The van der Waals surface area contributed by atoms with Crippen molar-refractivity contribution in [3.8, 4) is 17.2 Å². The number of allylic oxidation sites excluding steroid dienone is 1. The van der Waals surface area contributed by atoms with E-state index in [1.807, 2.05) is 30.3 Å². The fraction of sp³-hybridized carbons (Fsp3) is 0.185. The lowest BCUT2D eigenvalue weighted by Crippen LogP contribution is -2.17. The van der Waals surface area contributed by atoms with Gasteiger partial charge in [-0.15, -0.1) is 0 Å². The quantitative estimate of drug-likeness (QED) is 0.282. The molecule has 35 heavy (non-hydrogen) atoms. The van der Waals surface area contributed by atoms with Gasteiger partial charge in [0.15, 0.2) is 5.78 Å². The molecular weight excluding hydrogens is 470 g/mol. The maximum atomic E-state index is 12.3. The Bertz CT molecular complexity index is 1160. The first-order valence-corrected chi connectivity index (χ1v) is 11.1. The monoisotopic (exact) mass is 497 g/mol. The molecule has 3 aromatic rings. The zero-order chi connectivity index (χ0) is 25.8. The van der Waals surface area contributed by atoms with Crippen molar-refractivity contribution >= 4 is 35.2 Å². The number of halogens is 1. The van der Waals surface area contributed by atoms with Crippen LogP contribution in [0.3, 0.4) is 0 Å². The zero-order valence-electron chi connectivity index (χ0n) is 19.9. The van der Waals surface area contributed by atoms with Crippen molar-refractivity contribution in [3.63, 3.8) is 0 Å². The molecule has 3 rings (SSSR count). The lowest BCUT2D eigenvalue weighted by molar-refractivity contribution is 0.104. The van der Waals surface area contributed by atoms with Crippen LogP contribution in [0.15, 0.2) is 72.8 Å². The fourth-order valence-corrected chi connectivity index (χ4v) is 3.04. The topological polar surface area (TPSA) is 94.1 Å². The number of ketones is 1. The number of amides is 1. The molecule has 0 bridgehead atoms. The lowest BCUT2D eigenvalue weighted by atomic mass is 10.1. The van der Waals surface area contributed by atoms with Crippen LogP contribution in [0.25, 0.3) is 6.08 Å². The Morgan fingerprint density at radius 2 is 1.69 bits per heavy atom. The second-order valence-corrected chi connectivity index (χ2v) is 7.86. The van der Waals surface area contributed by atoms with Crippen LogP contribution in [0.4, 0.5) is 10.5 Å². The molecule has 0 atom stereocenters. The van der Waals surface area contributed by atoms with E-state index in [9.17, 15) is 14.7 Å². The van der Waals surface area contributed by atoms with Crippen molar-refractivity contribution in [1.29, 1.82) is 0 Å². The summed E-state index contributed by atoms with van der Waals surface area (Å²) in [6.07, 6.45) is 2.49. The third-order valence-electron chi connectivity index (χ3n) is 4.40. The number of benzene rings is 3. The fourth-order valence-electron chi connectivity index (χ4n) is 2.85. The molecule has 0 aromatic heterocycles. The van der Waals surface area contributed by atoms with Gasteiger partial charge in [-0.1, -0.05) is 54.1 Å². The minimum Gasteiger partial charge on any atom is -0.507 e. The van der Waals surface area contributed by atoms with Crippen LogP contribution in [0, 0.1) is 0 Å². The number of methoxy groups -OCH3 is 2. The minimum absolute atomic E-state index is 0.116. The first-order valence-electron chi connectivity index (χ1n) is 10.7. The highest BCUT2D eigenvalue weighted by atomic mass is 35.5. The maximum absolute atomic E-state index is 12.3. The summed E-state index contributed by atoms with van der Waals surface area (Å²) in [5, 5.41) is 13.1. The van der Waals surface area contributed by atoms with Gasteiger partial charge >= 0.3 is 6.09 Å². The second-order valence-electron chi connectivity index (χ2n) is 7.42.